The zero-order valence-electron chi connectivity index (χ0n) is 12.4. The molecule has 0 bridgehead atoms. The molecular weight excluding hydrogens is 343 g/mol. The quantitative estimate of drug-likeness (QED) is 0.829. The summed E-state index contributed by atoms with van der Waals surface area (Å²) in [5.74, 6) is -0.340. The topological polar surface area (TPSA) is 63.2 Å². The highest BCUT2D eigenvalue weighted by Crippen LogP contribution is 2.26. The van der Waals surface area contributed by atoms with Gasteiger partial charge in [-0.2, -0.15) is 0 Å². The molecule has 1 saturated carbocycles. The number of hydrogen-bond acceptors (Lipinski definition) is 5. The molecule has 1 fully saturated rings. The first-order chi connectivity index (χ1) is 11.4. The lowest BCUT2D eigenvalue weighted by Crippen LogP contribution is -2.27. The number of nitrogens with zero attached hydrogens (tertiary/aromatic N) is 1. The van der Waals surface area contributed by atoms with Gasteiger partial charge in [0.2, 0.25) is 5.91 Å². The maximum Gasteiger partial charge on any atom is 0.573 e. The van der Waals surface area contributed by atoms with E-state index >= 15 is 0 Å². The number of anilines is 2. The number of carbonyl (C=O) groups is 1. The van der Waals surface area contributed by atoms with Gasteiger partial charge in [0.1, 0.15) is 5.75 Å². The van der Waals surface area contributed by atoms with Crippen LogP contribution < -0.4 is 15.4 Å². The fourth-order valence-corrected chi connectivity index (χ4v) is 2.71. The maximum atomic E-state index is 12.1. The average Bonchev–Trinajstić information content (AvgIpc) is 3.18. The Bertz CT molecular complexity index is 711. The van der Waals surface area contributed by atoms with Crippen molar-refractivity contribution in [3.05, 3.63) is 35.3 Å². The molecule has 1 amide bonds. The van der Waals surface area contributed by atoms with Crippen molar-refractivity contribution in [2.75, 3.05) is 5.32 Å². The summed E-state index contributed by atoms with van der Waals surface area (Å²) in [6.45, 7) is 0. The Morgan fingerprint density at radius 3 is 2.62 bits per heavy atom. The Morgan fingerprint density at radius 1 is 1.29 bits per heavy atom. The van der Waals surface area contributed by atoms with Crippen LogP contribution in [0.5, 0.6) is 5.75 Å². The Morgan fingerprint density at radius 2 is 2.00 bits per heavy atom. The zero-order chi connectivity index (χ0) is 17.2. The molecule has 2 N–H and O–H groups in total. The normalized spacial score (nSPS) is 14.3. The molecule has 0 aliphatic heterocycles. The first-order valence-electron chi connectivity index (χ1n) is 7.24. The first kappa shape index (κ1) is 16.6. The third kappa shape index (κ3) is 5.12. The van der Waals surface area contributed by atoms with Crippen molar-refractivity contribution >= 4 is 28.1 Å². The maximum absolute atomic E-state index is 12.1. The molecule has 1 heterocycles. The Kier molecular flexibility index (Phi) is 4.61. The second-order valence-electron chi connectivity index (χ2n) is 5.36. The average molecular weight is 357 g/mol. The molecule has 128 valence electrons. The number of nitrogens with one attached hydrogen (secondary N) is 2. The van der Waals surface area contributed by atoms with Crippen molar-refractivity contribution in [1.29, 1.82) is 0 Å². The standard InChI is InChI=1S/C15H14F3N3O2S/c16-15(17,18)23-12-5-3-10(4-6-12)20-14-21-11(8-24-14)7-13(22)19-9-1-2-9/h3-6,8-9H,1-2,7H2,(H,19,22)(H,20,21). The fourth-order valence-electron chi connectivity index (χ4n) is 1.98. The number of alkyl halides is 3. The van der Waals surface area contributed by atoms with Gasteiger partial charge in [0.25, 0.3) is 0 Å². The Balaban J connectivity index is 1.55. The van der Waals surface area contributed by atoms with Crippen LogP contribution in [-0.2, 0) is 11.2 Å². The van der Waals surface area contributed by atoms with Gasteiger partial charge >= 0.3 is 6.36 Å². The third-order valence-corrected chi connectivity index (χ3v) is 3.98. The van der Waals surface area contributed by atoms with Gasteiger partial charge in [0, 0.05) is 17.1 Å². The minimum atomic E-state index is -4.71. The lowest BCUT2D eigenvalue weighted by molar-refractivity contribution is -0.274. The summed E-state index contributed by atoms with van der Waals surface area (Å²) in [6, 6.07) is 5.66. The second-order valence-corrected chi connectivity index (χ2v) is 6.22. The number of carbonyl (C=O) groups excluding carboxylic acids is 1. The second kappa shape index (κ2) is 6.68. The molecule has 9 heteroatoms. The van der Waals surface area contributed by atoms with Crippen LogP contribution in [0.1, 0.15) is 18.5 Å². The molecule has 2 aromatic rings. The predicted molar refractivity (Wildman–Crippen MR) is 83.4 cm³/mol. The highest BCUT2D eigenvalue weighted by Gasteiger charge is 2.31. The van der Waals surface area contributed by atoms with Crippen LogP contribution >= 0.6 is 11.3 Å². The molecular formula is C15H14F3N3O2S. The zero-order valence-corrected chi connectivity index (χ0v) is 13.2. The van der Waals surface area contributed by atoms with Crippen LogP contribution in [-0.4, -0.2) is 23.3 Å². The number of hydrogen-bond donors (Lipinski definition) is 2. The summed E-state index contributed by atoms with van der Waals surface area (Å²) in [6.07, 6.45) is -2.43. The van der Waals surface area contributed by atoms with Crippen LogP contribution in [0, 0.1) is 0 Å². The fraction of sp³-hybridized carbons (Fsp3) is 0.333. The Hall–Kier alpha value is -2.29. The van der Waals surface area contributed by atoms with Gasteiger partial charge in [-0.25, -0.2) is 4.98 Å². The van der Waals surface area contributed by atoms with E-state index in [4.69, 9.17) is 0 Å². The van der Waals surface area contributed by atoms with Crippen molar-refractivity contribution in [2.45, 2.75) is 31.7 Å². The van der Waals surface area contributed by atoms with Crippen LogP contribution in [0.25, 0.3) is 0 Å². The van der Waals surface area contributed by atoms with Gasteiger partial charge in [0.15, 0.2) is 5.13 Å². The number of halogens is 3. The number of benzene rings is 1. The summed E-state index contributed by atoms with van der Waals surface area (Å²) in [4.78, 5) is 16.0. The molecule has 1 aliphatic carbocycles. The highest BCUT2D eigenvalue weighted by atomic mass is 32.1. The van der Waals surface area contributed by atoms with Gasteiger partial charge in [-0.05, 0) is 37.1 Å². The van der Waals surface area contributed by atoms with Crippen LogP contribution in [0.15, 0.2) is 29.6 Å². The summed E-state index contributed by atoms with van der Waals surface area (Å²) in [7, 11) is 0. The van der Waals surface area contributed by atoms with E-state index in [9.17, 15) is 18.0 Å². The van der Waals surface area contributed by atoms with E-state index in [1.165, 1.54) is 35.6 Å². The lowest BCUT2D eigenvalue weighted by Gasteiger charge is -2.09. The molecule has 0 saturated heterocycles. The molecule has 1 aromatic heterocycles. The minimum Gasteiger partial charge on any atom is -0.406 e. The first-order valence-corrected chi connectivity index (χ1v) is 8.12. The molecule has 5 nitrogen and oxygen atoms in total. The van der Waals surface area contributed by atoms with Gasteiger partial charge < -0.3 is 15.4 Å². The van der Waals surface area contributed by atoms with Crippen LogP contribution in [0.4, 0.5) is 24.0 Å². The van der Waals surface area contributed by atoms with E-state index in [1.807, 2.05) is 0 Å². The van der Waals surface area contributed by atoms with Gasteiger partial charge in [-0.15, -0.1) is 24.5 Å². The van der Waals surface area contributed by atoms with E-state index in [1.54, 1.807) is 5.38 Å². The highest BCUT2D eigenvalue weighted by molar-refractivity contribution is 7.13. The molecule has 1 aromatic carbocycles. The number of rotatable bonds is 6. The Labute approximate surface area is 139 Å². The molecule has 24 heavy (non-hydrogen) atoms. The van der Waals surface area contributed by atoms with Gasteiger partial charge in [0.05, 0.1) is 12.1 Å². The lowest BCUT2D eigenvalue weighted by atomic mass is 10.3. The van der Waals surface area contributed by atoms with Crippen molar-refractivity contribution in [3.63, 3.8) is 0 Å². The van der Waals surface area contributed by atoms with E-state index in [-0.39, 0.29) is 18.1 Å². The summed E-state index contributed by atoms with van der Waals surface area (Å²) in [5.41, 5.74) is 1.23. The van der Waals surface area contributed by atoms with Crippen molar-refractivity contribution in [1.82, 2.24) is 10.3 Å². The van der Waals surface area contributed by atoms with Crippen LogP contribution in [0.2, 0.25) is 0 Å². The molecule has 0 unspecified atom stereocenters. The van der Waals surface area contributed by atoms with Gasteiger partial charge in [-0.3, -0.25) is 4.79 Å². The molecule has 0 atom stereocenters. The third-order valence-electron chi connectivity index (χ3n) is 3.18. The van der Waals surface area contributed by atoms with Crippen molar-refractivity contribution in [2.24, 2.45) is 0 Å². The summed E-state index contributed by atoms with van der Waals surface area (Å²) < 4.78 is 40.1. The van der Waals surface area contributed by atoms with Crippen molar-refractivity contribution in [3.8, 4) is 5.75 Å². The number of aromatic nitrogens is 1. The van der Waals surface area contributed by atoms with E-state index < -0.39 is 6.36 Å². The molecule has 3 rings (SSSR count). The summed E-state index contributed by atoms with van der Waals surface area (Å²) >= 11 is 1.32. The van der Waals surface area contributed by atoms with E-state index in [0.29, 0.717) is 22.6 Å². The molecule has 1 aliphatic rings. The monoisotopic (exact) mass is 357 g/mol. The van der Waals surface area contributed by atoms with Crippen LogP contribution in [0.3, 0.4) is 0 Å². The largest absolute Gasteiger partial charge is 0.573 e. The summed E-state index contributed by atoms with van der Waals surface area (Å²) in [5, 5.41) is 8.20. The molecule has 0 spiro atoms. The number of thiazole rings is 1. The molecule has 0 radical (unpaired) electrons. The smallest absolute Gasteiger partial charge is 0.406 e. The van der Waals surface area contributed by atoms with Crippen molar-refractivity contribution < 1.29 is 22.7 Å². The number of amides is 1. The van der Waals surface area contributed by atoms with Gasteiger partial charge in [-0.1, -0.05) is 0 Å². The van der Waals surface area contributed by atoms with E-state index in [0.717, 1.165) is 12.8 Å². The predicted octanol–water partition coefficient (Wildman–Crippen LogP) is 3.61. The SMILES string of the molecule is O=C(Cc1csc(Nc2ccc(OC(F)(F)F)cc2)n1)NC1CC1. The number of ether oxygens (including phenoxy) is 1. The van der Waals surface area contributed by atoms with E-state index in [2.05, 4.69) is 20.4 Å². The minimum absolute atomic E-state index is 0.0528.